The van der Waals surface area contributed by atoms with Crippen LogP contribution >= 0.6 is 0 Å². The molecule has 8 nitrogen and oxygen atoms in total. The molecule has 1 amide bonds. The summed E-state index contributed by atoms with van der Waals surface area (Å²) < 4.78 is 0. The normalized spacial score (nSPS) is 9.40. The highest BCUT2D eigenvalue weighted by atomic mass is 16.4. The Kier molecular flexibility index (Phi) is 8.60. The van der Waals surface area contributed by atoms with E-state index in [0.717, 1.165) is 5.69 Å². The van der Waals surface area contributed by atoms with Crippen LogP contribution in [0.4, 0.5) is 4.79 Å². The number of carboxylic acid groups (broad SMARTS) is 3. The van der Waals surface area contributed by atoms with E-state index in [2.05, 4.69) is 10.3 Å². The Bertz CT molecular complexity index is 456. The molecule has 0 saturated carbocycles. The summed E-state index contributed by atoms with van der Waals surface area (Å²) in [6, 6.07) is 5.57. The Morgan fingerprint density at radius 2 is 1.70 bits per heavy atom. The van der Waals surface area contributed by atoms with Gasteiger partial charge in [0.1, 0.15) is 0 Å². The van der Waals surface area contributed by atoms with Gasteiger partial charge in [-0.15, -0.1) is 0 Å². The predicted molar refractivity (Wildman–Crippen MR) is 68.4 cm³/mol. The van der Waals surface area contributed by atoms with Gasteiger partial charge < -0.3 is 20.6 Å². The van der Waals surface area contributed by atoms with Crippen LogP contribution in [-0.2, 0) is 16.0 Å². The lowest BCUT2D eigenvalue weighted by molar-refractivity contribution is -0.134. The Hall–Kier alpha value is -2.90. The minimum Gasteiger partial charge on any atom is -0.478 e. The first kappa shape index (κ1) is 17.1. The Morgan fingerprint density at radius 3 is 2.10 bits per heavy atom. The summed E-state index contributed by atoms with van der Waals surface area (Å²) in [4.78, 5) is 33.2. The van der Waals surface area contributed by atoms with Gasteiger partial charge in [0.2, 0.25) is 0 Å². The standard InChI is InChI=1S/C8H10N2O2.C4H4O4/c11-8(12)10-6-4-7-3-1-2-5-9-7;5-3(6)1-2-4(7)8/h1-3,5,10H,4,6H2,(H,11,12);1-2H,(H,5,6)(H,7,8). The first-order valence-corrected chi connectivity index (χ1v) is 5.42. The summed E-state index contributed by atoms with van der Waals surface area (Å²) in [5.74, 6) is -2.51. The zero-order valence-electron chi connectivity index (χ0n) is 10.4. The summed E-state index contributed by atoms with van der Waals surface area (Å²) in [6.45, 7) is 0.409. The van der Waals surface area contributed by atoms with E-state index in [9.17, 15) is 14.4 Å². The van der Waals surface area contributed by atoms with E-state index in [0.29, 0.717) is 25.1 Å². The molecule has 0 aliphatic heterocycles. The van der Waals surface area contributed by atoms with Crippen molar-refractivity contribution in [3.05, 3.63) is 42.2 Å². The molecule has 0 aromatic carbocycles. The number of pyridine rings is 1. The van der Waals surface area contributed by atoms with Crippen molar-refractivity contribution in [2.24, 2.45) is 0 Å². The van der Waals surface area contributed by atoms with E-state index in [1.165, 1.54) is 0 Å². The van der Waals surface area contributed by atoms with Crippen molar-refractivity contribution in [1.82, 2.24) is 10.3 Å². The predicted octanol–water partition coefficient (Wildman–Crippen LogP) is 0.603. The monoisotopic (exact) mass is 282 g/mol. The molecule has 8 heteroatoms. The summed E-state index contributed by atoms with van der Waals surface area (Å²) in [5, 5.41) is 26.2. The van der Waals surface area contributed by atoms with Crippen molar-refractivity contribution in [2.75, 3.05) is 6.54 Å². The molecule has 0 atom stereocenters. The van der Waals surface area contributed by atoms with E-state index in [1.807, 2.05) is 18.2 Å². The number of amides is 1. The van der Waals surface area contributed by atoms with Gasteiger partial charge >= 0.3 is 18.0 Å². The highest BCUT2D eigenvalue weighted by Gasteiger charge is 1.95. The Morgan fingerprint density at radius 1 is 1.10 bits per heavy atom. The smallest absolute Gasteiger partial charge is 0.404 e. The second kappa shape index (κ2) is 10.1. The zero-order chi connectivity index (χ0) is 15.4. The molecule has 0 radical (unpaired) electrons. The average molecular weight is 282 g/mol. The number of carbonyl (C=O) groups is 3. The lowest BCUT2D eigenvalue weighted by Crippen LogP contribution is -2.23. The van der Waals surface area contributed by atoms with E-state index in [-0.39, 0.29) is 0 Å². The van der Waals surface area contributed by atoms with E-state index in [4.69, 9.17) is 15.3 Å². The summed E-state index contributed by atoms with van der Waals surface area (Å²) >= 11 is 0. The fraction of sp³-hybridized carbons (Fsp3) is 0.167. The summed E-state index contributed by atoms with van der Waals surface area (Å²) in [6.07, 6.45) is 2.44. The first-order chi connectivity index (χ1) is 9.41. The molecule has 0 spiro atoms. The third-order valence-corrected chi connectivity index (χ3v) is 1.75. The van der Waals surface area contributed by atoms with Gasteiger partial charge in [-0.25, -0.2) is 14.4 Å². The van der Waals surface area contributed by atoms with Crippen LogP contribution in [0.3, 0.4) is 0 Å². The van der Waals surface area contributed by atoms with Gasteiger partial charge in [0.05, 0.1) is 0 Å². The number of aliphatic carboxylic acids is 2. The molecule has 0 unspecified atom stereocenters. The van der Waals surface area contributed by atoms with Gasteiger partial charge in [0.15, 0.2) is 0 Å². The molecule has 1 heterocycles. The molecular formula is C12H14N2O6. The molecule has 0 aliphatic rings. The average Bonchev–Trinajstić information content (AvgIpc) is 2.38. The number of nitrogens with one attached hydrogen (secondary N) is 1. The lowest BCUT2D eigenvalue weighted by atomic mass is 10.3. The number of hydrogen-bond acceptors (Lipinski definition) is 4. The van der Waals surface area contributed by atoms with Crippen molar-refractivity contribution in [2.45, 2.75) is 6.42 Å². The topological polar surface area (TPSA) is 137 Å². The first-order valence-electron chi connectivity index (χ1n) is 5.42. The second-order valence-electron chi connectivity index (χ2n) is 3.31. The Balaban J connectivity index is 0.000000396. The third-order valence-electron chi connectivity index (χ3n) is 1.75. The molecule has 1 aromatic rings. The maximum Gasteiger partial charge on any atom is 0.404 e. The van der Waals surface area contributed by atoms with Gasteiger partial charge in [-0.1, -0.05) is 6.07 Å². The van der Waals surface area contributed by atoms with E-state index >= 15 is 0 Å². The molecule has 108 valence electrons. The van der Waals surface area contributed by atoms with Crippen molar-refractivity contribution < 1.29 is 29.7 Å². The van der Waals surface area contributed by atoms with Gasteiger partial charge in [0, 0.05) is 37.0 Å². The molecule has 1 rings (SSSR count). The molecule has 0 bridgehead atoms. The number of rotatable bonds is 5. The summed E-state index contributed by atoms with van der Waals surface area (Å²) in [7, 11) is 0. The SMILES string of the molecule is O=C(O)C=CC(=O)O.O=C(O)NCCc1ccccn1. The van der Waals surface area contributed by atoms with Crippen LogP contribution in [0.1, 0.15) is 5.69 Å². The minimum absolute atomic E-state index is 0.409. The van der Waals surface area contributed by atoms with Crippen molar-refractivity contribution in [3.8, 4) is 0 Å². The van der Waals surface area contributed by atoms with Crippen LogP contribution in [0.25, 0.3) is 0 Å². The van der Waals surface area contributed by atoms with Crippen molar-refractivity contribution in [3.63, 3.8) is 0 Å². The van der Waals surface area contributed by atoms with Gasteiger partial charge in [-0.3, -0.25) is 4.98 Å². The van der Waals surface area contributed by atoms with Crippen LogP contribution in [-0.4, -0.2) is 44.9 Å². The fourth-order valence-electron chi connectivity index (χ4n) is 0.986. The third kappa shape index (κ3) is 11.6. The molecular weight excluding hydrogens is 268 g/mol. The molecule has 4 N–H and O–H groups in total. The van der Waals surface area contributed by atoms with Crippen LogP contribution < -0.4 is 5.32 Å². The molecule has 0 saturated heterocycles. The second-order valence-corrected chi connectivity index (χ2v) is 3.31. The van der Waals surface area contributed by atoms with Crippen LogP contribution in [0.15, 0.2) is 36.5 Å². The molecule has 0 aliphatic carbocycles. The number of aromatic nitrogens is 1. The minimum atomic E-state index is -1.26. The van der Waals surface area contributed by atoms with Crippen molar-refractivity contribution in [1.29, 1.82) is 0 Å². The van der Waals surface area contributed by atoms with Crippen molar-refractivity contribution >= 4 is 18.0 Å². The van der Waals surface area contributed by atoms with E-state index in [1.54, 1.807) is 6.20 Å². The van der Waals surface area contributed by atoms with Gasteiger partial charge in [-0.05, 0) is 12.1 Å². The fourth-order valence-corrected chi connectivity index (χ4v) is 0.986. The molecule has 0 fully saturated rings. The van der Waals surface area contributed by atoms with Gasteiger partial charge in [-0.2, -0.15) is 0 Å². The molecule has 20 heavy (non-hydrogen) atoms. The maximum atomic E-state index is 10.1. The largest absolute Gasteiger partial charge is 0.478 e. The maximum absolute atomic E-state index is 10.1. The van der Waals surface area contributed by atoms with Crippen LogP contribution in [0.5, 0.6) is 0 Å². The number of nitrogens with zero attached hydrogens (tertiary/aromatic N) is 1. The lowest BCUT2D eigenvalue weighted by Gasteiger charge is -1.99. The highest BCUT2D eigenvalue weighted by molar-refractivity contribution is 5.89. The molecule has 1 aromatic heterocycles. The van der Waals surface area contributed by atoms with Crippen LogP contribution in [0, 0.1) is 0 Å². The van der Waals surface area contributed by atoms with Gasteiger partial charge in [0.25, 0.3) is 0 Å². The van der Waals surface area contributed by atoms with Crippen LogP contribution in [0.2, 0.25) is 0 Å². The number of hydrogen-bond donors (Lipinski definition) is 4. The van der Waals surface area contributed by atoms with E-state index < -0.39 is 18.0 Å². The quantitative estimate of drug-likeness (QED) is 0.580. The number of carboxylic acids is 2. The summed E-state index contributed by atoms with van der Waals surface area (Å²) in [5.41, 5.74) is 0.895. The highest BCUT2D eigenvalue weighted by Crippen LogP contribution is 1.92. The zero-order valence-corrected chi connectivity index (χ0v) is 10.4. The Labute approximate surface area is 114 Å².